The normalized spacial score (nSPS) is 25.4. The van der Waals surface area contributed by atoms with E-state index in [0.29, 0.717) is 0 Å². The van der Waals surface area contributed by atoms with Crippen LogP contribution in [0.25, 0.3) is 0 Å². The summed E-state index contributed by atoms with van der Waals surface area (Å²) in [5.41, 5.74) is 1.27. The molecule has 0 radical (unpaired) electrons. The number of nitrogens with one attached hydrogen (secondary N) is 1. The van der Waals surface area contributed by atoms with Crippen LogP contribution in [-0.4, -0.2) is 60.1 Å². The minimum atomic E-state index is 0.785. The first-order chi connectivity index (χ1) is 9.85. The Morgan fingerprint density at radius 3 is 2.90 bits per heavy atom. The smallest absolute Gasteiger partial charge is 0.0928 e. The Kier molecular flexibility index (Phi) is 5.04. The van der Waals surface area contributed by atoms with E-state index in [-0.39, 0.29) is 0 Å². The molecule has 1 atom stereocenters. The summed E-state index contributed by atoms with van der Waals surface area (Å²) in [5.74, 6) is 0. The lowest BCUT2D eigenvalue weighted by Gasteiger charge is -2.37. The topological polar surface area (TPSA) is 31.4 Å². The van der Waals surface area contributed by atoms with Gasteiger partial charge in [-0.25, -0.2) is 4.98 Å². The van der Waals surface area contributed by atoms with Gasteiger partial charge in [-0.2, -0.15) is 0 Å². The van der Waals surface area contributed by atoms with Crippen LogP contribution in [0, 0.1) is 0 Å². The van der Waals surface area contributed by atoms with Crippen LogP contribution >= 0.6 is 11.3 Å². The second-order valence-electron chi connectivity index (χ2n) is 5.94. The number of hydrogen-bond acceptors (Lipinski definition) is 5. The number of nitrogens with zero attached hydrogens (tertiary/aromatic N) is 3. The molecule has 2 aliphatic rings. The van der Waals surface area contributed by atoms with E-state index in [2.05, 4.69) is 27.4 Å². The minimum absolute atomic E-state index is 0.785. The van der Waals surface area contributed by atoms with Crippen molar-refractivity contribution in [2.75, 3.05) is 39.3 Å². The van der Waals surface area contributed by atoms with Crippen LogP contribution in [0.5, 0.6) is 0 Å². The molecule has 4 nitrogen and oxygen atoms in total. The van der Waals surface area contributed by atoms with Crippen molar-refractivity contribution in [3.63, 3.8) is 0 Å². The lowest BCUT2D eigenvalue weighted by molar-refractivity contribution is 0.0974. The molecule has 3 rings (SSSR count). The van der Waals surface area contributed by atoms with E-state index in [0.717, 1.165) is 19.0 Å². The van der Waals surface area contributed by atoms with Crippen LogP contribution in [0.3, 0.4) is 0 Å². The number of aromatic nitrogens is 1. The summed E-state index contributed by atoms with van der Waals surface area (Å²) < 4.78 is 0. The fourth-order valence-corrected chi connectivity index (χ4v) is 4.11. The molecular formula is C15H26N4S. The molecule has 2 saturated heterocycles. The van der Waals surface area contributed by atoms with Crippen LogP contribution < -0.4 is 5.32 Å². The Hall–Kier alpha value is -0.490. The van der Waals surface area contributed by atoms with E-state index >= 15 is 0 Å². The standard InChI is InChI=1S/C15H26N4S/c1-2-3-15-17-13(12-20-15)11-18-6-8-19(9-7-18)14-4-5-16-10-14/h12,14,16H,2-11H2,1H3. The molecule has 0 amide bonds. The predicted molar refractivity (Wildman–Crippen MR) is 84.2 cm³/mol. The average molecular weight is 294 g/mol. The lowest BCUT2D eigenvalue weighted by atomic mass is 10.2. The second-order valence-corrected chi connectivity index (χ2v) is 6.88. The number of piperazine rings is 1. The molecule has 0 aliphatic carbocycles. The molecule has 1 aromatic heterocycles. The Morgan fingerprint density at radius 1 is 1.35 bits per heavy atom. The summed E-state index contributed by atoms with van der Waals surface area (Å²) in [6.45, 7) is 10.5. The lowest BCUT2D eigenvalue weighted by Crippen LogP contribution is -2.50. The molecule has 3 heterocycles. The number of rotatable bonds is 5. The van der Waals surface area contributed by atoms with Crippen molar-refractivity contribution in [2.45, 2.75) is 38.8 Å². The van der Waals surface area contributed by atoms with E-state index in [9.17, 15) is 0 Å². The van der Waals surface area contributed by atoms with Gasteiger partial charge in [0.1, 0.15) is 0 Å². The molecule has 1 aromatic rings. The maximum Gasteiger partial charge on any atom is 0.0928 e. The number of hydrogen-bond donors (Lipinski definition) is 1. The van der Waals surface area contributed by atoms with Gasteiger partial charge in [0, 0.05) is 50.7 Å². The predicted octanol–water partition coefficient (Wildman–Crippen LogP) is 1.58. The van der Waals surface area contributed by atoms with Crippen molar-refractivity contribution in [1.82, 2.24) is 20.1 Å². The molecule has 0 aromatic carbocycles. The molecule has 0 saturated carbocycles. The molecule has 2 aliphatic heterocycles. The number of aryl methyl sites for hydroxylation is 1. The zero-order chi connectivity index (χ0) is 13.8. The first-order valence-corrected chi connectivity index (χ1v) is 8.83. The first kappa shape index (κ1) is 14.4. The first-order valence-electron chi connectivity index (χ1n) is 7.95. The summed E-state index contributed by atoms with van der Waals surface area (Å²) >= 11 is 1.83. The summed E-state index contributed by atoms with van der Waals surface area (Å²) in [7, 11) is 0. The third kappa shape index (κ3) is 3.58. The van der Waals surface area contributed by atoms with Crippen molar-refractivity contribution in [3.8, 4) is 0 Å². The van der Waals surface area contributed by atoms with Crippen molar-refractivity contribution < 1.29 is 0 Å². The molecule has 0 spiro atoms. The fourth-order valence-electron chi connectivity index (χ4n) is 3.22. The van der Waals surface area contributed by atoms with E-state index < -0.39 is 0 Å². The highest BCUT2D eigenvalue weighted by Gasteiger charge is 2.26. The van der Waals surface area contributed by atoms with E-state index in [1.165, 1.54) is 62.8 Å². The Labute approximate surface area is 126 Å². The third-order valence-electron chi connectivity index (χ3n) is 4.41. The third-order valence-corrected chi connectivity index (χ3v) is 5.36. The zero-order valence-electron chi connectivity index (χ0n) is 12.5. The van der Waals surface area contributed by atoms with Gasteiger partial charge in [0.2, 0.25) is 0 Å². The zero-order valence-corrected chi connectivity index (χ0v) is 13.3. The van der Waals surface area contributed by atoms with E-state index in [1.807, 2.05) is 11.3 Å². The second kappa shape index (κ2) is 6.98. The van der Waals surface area contributed by atoms with Gasteiger partial charge in [-0.05, 0) is 25.8 Å². The SMILES string of the molecule is CCCc1nc(CN2CCN(C3CCNC3)CC2)cs1. The van der Waals surface area contributed by atoms with Crippen molar-refractivity contribution >= 4 is 11.3 Å². The Morgan fingerprint density at radius 2 is 2.20 bits per heavy atom. The highest BCUT2D eigenvalue weighted by atomic mass is 32.1. The highest BCUT2D eigenvalue weighted by Crippen LogP contribution is 2.16. The van der Waals surface area contributed by atoms with Crippen molar-refractivity contribution in [1.29, 1.82) is 0 Å². The van der Waals surface area contributed by atoms with Gasteiger partial charge in [-0.15, -0.1) is 11.3 Å². The maximum atomic E-state index is 4.74. The Balaban J connectivity index is 1.45. The summed E-state index contributed by atoms with van der Waals surface area (Å²) in [4.78, 5) is 9.97. The molecule has 5 heteroatoms. The van der Waals surface area contributed by atoms with E-state index in [1.54, 1.807) is 0 Å². The van der Waals surface area contributed by atoms with Crippen molar-refractivity contribution in [3.05, 3.63) is 16.1 Å². The fraction of sp³-hybridized carbons (Fsp3) is 0.800. The highest BCUT2D eigenvalue weighted by molar-refractivity contribution is 7.09. The van der Waals surface area contributed by atoms with Gasteiger partial charge in [0.25, 0.3) is 0 Å². The summed E-state index contributed by atoms with van der Waals surface area (Å²) in [6.07, 6.45) is 3.65. The van der Waals surface area contributed by atoms with Gasteiger partial charge in [0.05, 0.1) is 10.7 Å². The summed E-state index contributed by atoms with van der Waals surface area (Å²) in [5, 5.41) is 7.02. The van der Waals surface area contributed by atoms with Gasteiger partial charge >= 0.3 is 0 Å². The minimum Gasteiger partial charge on any atom is -0.315 e. The van der Waals surface area contributed by atoms with Crippen LogP contribution in [0.15, 0.2) is 5.38 Å². The molecule has 2 fully saturated rings. The quantitative estimate of drug-likeness (QED) is 0.893. The van der Waals surface area contributed by atoms with Crippen molar-refractivity contribution in [2.24, 2.45) is 0 Å². The number of thiazole rings is 1. The largest absolute Gasteiger partial charge is 0.315 e. The molecule has 112 valence electrons. The molecule has 1 N–H and O–H groups in total. The van der Waals surface area contributed by atoms with Gasteiger partial charge in [-0.1, -0.05) is 6.92 Å². The average Bonchev–Trinajstić information content (AvgIpc) is 3.12. The maximum absolute atomic E-state index is 4.74. The van der Waals surface area contributed by atoms with E-state index in [4.69, 9.17) is 4.98 Å². The monoisotopic (exact) mass is 294 g/mol. The van der Waals surface area contributed by atoms with Crippen LogP contribution in [0.2, 0.25) is 0 Å². The summed E-state index contributed by atoms with van der Waals surface area (Å²) in [6, 6.07) is 0.785. The van der Waals surface area contributed by atoms with Gasteiger partial charge < -0.3 is 5.32 Å². The Bertz CT molecular complexity index is 406. The van der Waals surface area contributed by atoms with Gasteiger partial charge in [-0.3, -0.25) is 9.80 Å². The van der Waals surface area contributed by atoms with Crippen LogP contribution in [0.4, 0.5) is 0 Å². The van der Waals surface area contributed by atoms with Crippen LogP contribution in [0.1, 0.15) is 30.5 Å². The van der Waals surface area contributed by atoms with Gasteiger partial charge in [0.15, 0.2) is 0 Å². The molecule has 1 unspecified atom stereocenters. The molecular weight excluding hydrogens is 268 g/mol. The molecule has 0 bridgehead atoms. The van der Waals surface area contributed by atoms with Crippen LogP contribution in [-0.2, 0) is 13.0 Å². The molecule has 20 heavy (non-hydrogen) atoms.